The van der Waals surface area contributed by atoms with Crippen LogP contribution in [0.2, 0.25) is 0 Å². The lowest BCUT2D eigenvalue weighted by molar-refractivity contribution is -0.123. The molecular weight excluding hydrogens is 349 g/mol. The smallest absolute Gasteiger partial charge is 0.246 e. The van der Waals surface area contributed by atoms with Crippen LogP contribution in [-0.4, -0.2) is 34.9 Å². The van der Waals surface area contributed by atoms with Gasteiger partial charge in [0.2, 0.25) is 5.91 Å². The molecule has 1 atom stereocenters. The predicted molar refractivity (Wildman–Crippen MR) is 104 cm³/mol. The van der Waals surface area contributed by atoms with E-state index in [2.05, 4.69) is 4.98 Å². The van der Waals surface area contributed by atoms with Crippen molar-refractivity contribution in [3.8, 4) is 0 Å². The van der Waals surface area contributed by atoms with Crippen molar-refractivity contribution < 1.29 is 9.18 Å². The number of carbonyl (C=O) groups is 1. The number of likely N-dealkylation sites (N-methyl/N-ethyl adjacent to an activating group) is 1. The molecule has 1 fully saturated rings. The minimum Gasteiger partial charge on any atom is -0.291 e. The molecule has 0 unspecified atom stereocenters. The number of benzene rings is 1. The van der Waals surface area contributed by atoms with E-state index >= 15 is 0 Å². The van der Waals surface area contributed by atoms with Gasteiger partial charge in [-0.3, -0.25) is 14.6 Å². The van der Waals surface area contributed by atoms with Gasteiger partial charge in [-0.25, -0.2) is 9.37 Å². The van der Waals surface area contributed by atoms with Crippen LogP contribution in [0.1, 0.15) is 44.6 Å². The first-order chi connectivity index (χ1) is 12.6. The van der Waals surface area contributed by atoms with Crippen molar-refractivity contribution in [1.29, 1.82) is 0 Å². The molecule has 0 spiro atoms. The Morgan fingerprint density at radius 3 is 2.77 bits per heavy atom. The molecular formula is C20H26FN3OS. The van der Waals surface area contributed by atoms with Crippen molar-refractivity contribution in [2.45, 2.75) is 57.7 Å². The third-order valence-electron chi connectivity index (χ3n) is 5.14. The van der Waals surface area contributed by atoms with Crippen LogP contribution in [-0.2, 0) is 11.3 Å². The number of rotatable bonds is 6. The molecule has 1 heterocycles. The molecule has 0 bridgehead atoms. The van der Waals surface area contributed by atoms with Gasteiger partial charge in [-0.15, -0.1) is 11.3 Å². The van der Waals surface area contributed by atoms with Crippen LogP contribution >= 0.6 is 11.3 Å². The van der Waals surface area contributed by atoms with Gasteiger partial charge in [-0.1, -0.05) is 31.4 Å². The summed E-state index contributed by atoms with van der Waals surface area (Å²) in [5, 5.41) is 2.70. The number of hydrogen-bond acceptors (Lipinski definition) is 4. The monoisotopic (exact) mass is 375 g/mol. The van der Waals surface area contributed by atoms with E-state index in [1.54, 1.807) is 12.3 Å². The highest BCUT2D eigenvalue weighted by atomic mass is 32.1. The molecule has 0 aliphatic heterocycles. The largest absolute Gasteiger partial charge is 0.291 e. The van der Waals surface area contributed by atoms with E-state index in [4.69, 9.17) is 0 Å². The molecule has 1 aliphatic carbocycles. The summed E-state index contributed by atoms with van der Waals surface area (Å²) in [6.45, 7) is 2.45. The maximum absolute atomic E-state index is 13.4. The molecule has 0 radical (unpaired) electrons. The van der Waals surface area contributed by atoms with E-state index in [1.165, 1.54) is 29.9 Å². The molecule has 140 valence electrons. The van der Waals surface area contributed by atoms with E-state index in [1.807, 2.05) is 35.2 Å². The Balaban J connectivity index is 1.74. The minimum absolute atomic E-state index is 0.0748. The molecule has 1 amide bonds. The predicted octanol–water partition coefficient (Wildman–Crippen LogP) is 4.47. The fourth-order valence-electron chi connectivity index (χ4n) is 3.55. The summed E-state index contributed by atoms with van der Waals surface area (Å²) >= 11 is 1.51. The van der Waals surface area contributed by atoms with Gasteiger partial charge in [-0.2, -0.15) is 0 Å². The van der Waals surface area contributed by atoms with Crippen LogP contribution in [0.4, 0.5) is 9.52 Å². The molecule has 0 saturated heterocycles. The van der Waals surface area contributed by atoms with Crippen LogP contribution in [0.3, 0.4) is 0 Å². The topological polar surface area (TPSA) is 36.4 Å². The second-order valence-electron chi connectivity index (χ2n) is 7.04. The lowest BCUT2D eigenvalue weighted by atomic mass is 9.94. The molecule has 3 rings (SSSR count). The zero-order chi connectivity index (χ0) is 18.5. The Morgan fingerprint density at radius 2 is 2.12 bits per heavy atom. The van der Waals surface area contributed by atoms with E-state index in [0.29, 0.717) is 6.54 Å². The molecule has 1 aromatic heterocycles. The lowest BCUT2D eigenvalue weighted by Crippen LogP contribution is -2.50. The standard InChI is InChI=1S/C20H26FN3OS/c1-15(23(2)14-16-7-6-8-17(21)13-16)19(25)24(20-22-11-12-26-20)18-9-4-3-5-10-18/h6-8,11-13,15,18H,3-5,9-10,14H2,1-2H3/t15-/m0/s1. The van der Waals surface area contributed by atoms with Crippen LogP contribution in [0.15, 0.2) is 35.8 Å². The Hall–Kier alpha value is -1.79. The summed E-state index contributed by atoms with van der Waals surface area (Å²) in [5.41, 5.74) is 0.866. The maximum atomic E-state index is 13.4. The summed E-state index contributed by atoms with van der Waals surface area (Å²) < 4.78 is 13.4. The van der Waals surface area contributed by atoms with Gasteiger partial charge >= 0.3 is 0 Å². The average Bonchev–Trinajstić information content (AvgIpc) is 3.16. The first-order valence-electron chi connectivity index (χ1n) is 9.23. The van der Waals surface area contributed by atoms with Crippen LogP contribution in [0, 0.1) is 5.82 Å². The summed E-state index contributed by atoms with van der Waals surface area (Å²) in [6.07, 6.45) is 7.38. The van der Waals surface area contributed by atoms with Crippen molar-refractivity contribution >= 4 is 22.4 Å². The zero-order valence-corrected chi connectivity index (χ0v) is 16.2. The fourth-order valence-corrected chi connectivity index (χ4v) is 4.27. The van der Waals surface area contributed by atoms with Crippen molar-refractivity contribution in [1.82, 2.24) is 9.88 Å². The number of amides is 1. The molecule has 26 heavy (non-hydrogen) atoms. The SMILES string of the molecule is C[C@@H](C(=O)N(c1nccs1)C1CCCCC1)N(C)Cc1cccc(F)c1. The third kappa shape index (κ3) is 4.48. The number of aromatic nitrogens is 1. The van der Waals surface area contributed by atoms with Gasteiger partial charge in [0.15, 0.2) is 5.13 Å². The second-order valence-corrected chi connectivity index (χ2v) is 7.91. The Bertz CT molecular complexity index is 716. The average molecular weight is 376 g/mol. The summed E-state index contributed by atoms with van der Waals surface area (Å²) in [5.74, 6) is -0.174. The van der Waals surface area contributed by atoms with Gasteiger partial charge < -0.3 is 0 Å². The molecule has 4 nitrogen and oxygen atoms in total. The number of anilines is 1. The highest BCUT2D eigenvalue weighted by Gasteiger charge is 2.32. The lowest BCUT2D eigenvalue weighted by Gasteiger charge is -2.36. The molecule has 2 aromatic rings. The molecule has 1 aliphatic rings. The van der Waals surface area contributed by atoms with E-state index < -0.39 is 0 Å². The third-order valence-corrected chi connectivity index (χ3v) is 5.91. The van der Waals surface area contributed by atoms with Crippen molar-refractivity contribution in [2.75, 3.05) is 11.9 Å². The van der Waals surface area contributed by atoms with Crippen molar-refractivity contribution in [2.24, 2.45) is 0 Å². The number of nitrogens with zero attached hydrogens (tertiary/aromatic N) is 3. The van der Waals surface area contributed by atoms with Crippen LogP contribution < -0.4 is 4.90 Å². The van der Waals surface area contributed by atoms with Crippen LogP contribution in [0.5, 0.6) is 0 Å². The number of thiazole rings is 1. The molecule has 0 N–H and O–H groups in total. The number of hydrogen-bond donors (Lipinski definition) is 0. The van der Waals surface area contributed by atoms with Gasteiger partial charge in [0.05, 0.1) is 6.04 Å². The highest BCUT2D eigenvalue weighted by Crippen LogP contribution is 2.30. The quantitative estimate of drug-likeness (QED) is 0.747. The van der Waals surface area contributed by atoms with Gasteiger partial charge in [0, 0.05) is 24.2 Å². The van der Waals surface area contributed by atoms with Crippen molar-refractivity contribution in [3.05, 3.63) is 47.2 Å². The summed E-state index contributed by atoms with van der Waals surface area (Å²) in [4.78, 5) is 21.6. The first kappa shape index (κ1) is 19.0. The second kappa shape index (κ2) is 8.73. The zero-order valence-electron chi connectivity index (χ0n) is 15.4. The normalized spacial score (nSPS) is 16.6. The van der Waals surface area contributed by atoms with E-state index in [0.717, 1.165) is 36.4 Å². The van der Waals surface area contributed by atoms with E-state index in [-0.39, 0.29) is 23.8 Å². The molecule has 1 saturated carbocycles. The Kier molecular flexibility index (Phi) is 6.38. The van der Waals surface area contributed by atoms with Gasteiger partial charge in [0.1, 0.15) is 5.82 Å². The molecule has 1 aromatic carbocycles. The Morgan fingerprint density at radius 1 is 1.35 bits per heavy atom. The minimum atomic E-state index is -0.302. The number of halogens is 1. The maximum Gasteiger partial charge on any atom is 0.246 e. The number of carbonyl (C=O) groups excluding carboxylic acids is 1. The summed E-state index contributed by atoms with van der Waals surface area (Å²) in [7, 11) is 1.91. The highest BCUT2D eigenvalue weighted by molar-refractivity contribution is 7.13. The first-order valence-corrected chi connectivity index (χ1v) is 10.1. The van der Waals surface area contributed by atoms with Gasteiger partial charge in [-0.05, 0) is 44.5 Å². The Labute approximate surface area is 158 Å². The van der Waals surface area contributed by atoms with E-state index in [9.17, 15) is 9.18 Å². The van der Waals surface area contributed by atoms with Crippen LogP contribution in [0.25, 0.3) is 0 Å². The van der Waals surface area contributed by atoms with Crippen molar-refractivity contribution in [3.63, 3.8) is 0 Å². The fraction of sp³-hybridized carbons (Fsp3) is 0.500. The molecule has 6 heteroatoms. The van der Waals surface area contributed by atoms with Gasteiger partial charge in [0.25, 0.3) is 0 Å². The summed E-state index contributed by atoms with van der Waals surface area (Å²) in [6, 6.07) is 6.47.